The number of halogens is 1. The zero-order valence-electron chi connectivity index (χ0n) is 12.2. The van der Waals surface area contributed by atoms with E-state index < -0.39 is 0 Å². The molecule has 1 aromatic rings. The molecule has 0 saturated heterocycles. The van der Waals surface area contributed by atoms with Gasteiger partial charge < -0.3 is 10.2 Å². The molecular formula is C15H23ClN2O. The van der Waals surface area contributed by atoms with Crippen LogP contribution in [0.5, 0.6) is 0 Å². The van der Waals surface area contributed by atoms with Crippen LogP contribution in [0.4, 0.5) is 4.79 Å². The van der Waals surface area contributed by atoms with E-state index in [4.69, 9.17) is 11.6 Å². The molecule has 0 spiro atoms. The molecule has 2 amide bonds. The molecule has 0 bridgehead atoms. The SMILES string of the molecule is CCN(CC)C(=O)NCC(C)(C)c1ccc(Cl)cc1. The van der Waals surface area contributed by atoms with Gasteiger partial charge in [-0.15, -0.1) is 0 Å². The summed E-state index contributed by atoms with van der Waals surface area (Å²) in [6, 6.07) is 7.76. The van der Waals surface area contributed by atoms with E-state index in [-0.39, 0.29) is 11.4 Å². The van der Waals surface area contributed by atoms with Crippen LogP contribution < -0.4 is 5.32 Å². The fourth-order valence-electron chi connectivity index (χ4n) is 1.92. The zero-order chi connectivity index (χ0) is 14.5. The minimum Gasteiger partial charge on any atom is -0.337 e. The molecule has 0 radical (unpaired) electrons. The highest BCUT2D eigenvalue weighted by atomic mass is 35.5. The smallest absolute Gasteiger partial charge is 0.317 e. The average molecular weight is 283 g/mol. The van der Waals surface area contributed by atoms with Crippen LogP contribution in [0.1, 0.15) is 33.3 Å². The topological polar surface area (TPSA) is 32.3 Å². The lowest BCUT2D eigenvalue weighted by atomic mass is 9.85. The Kier molecular flexibility index (Phi) is 5.67. The highest BCUT2D eigenvalue weighted by Crippen LogP contribution is 2.23. The van der Waals surface area contributed by atoms with Crippen LogP contribution in [0.2, 0.25) is 5.02 Å². The van der Waals surface area contributed by atoms with Gasteiger partial charge in [0.25, 0.3) is 0 Å². The molecule has 3 nitrogen and oxygen atoms in total. The molecule has 0 aliphatic heterocycles. The molecule has 1 N–H and O–H groups in total. The first-order valence-corrected chi connectivity index (χ1v) is 7.07. The van der Waals surface area contributed by atoms with Crippen molar-refractivity contribution >= 4 is 17.6 Å². The summed E-state index contributed by atoms with van der Waals surface area (Å²) in [6.07, 6.45) is 0. The molecule has 0 saturated carbocycles. The Bertz CT molecular complexity index is 411. The van der Waals surface area contributed by atoms with Crippen molar-refractivity contribution < 1.29 is 4.79 Å². The Morgan fingerprint density at radius 1 is 1.21 bits per heavy atom. The van der Waals surface area contributed by atoms with E-state index in [9.17, 15) is 4.79 Å². The largest absolute Gasteiger partial charge is 0.337 e. The standard InChI is InChI=1S/C15H23ClN2O/c1-5-18(6-2)14(19)17-11-15(3,4)12-7-9-13(16)10-8-12/h7-10H,5-6,11H2,1-4H3,(H,17,19). The summed E-state index contributed by atoms with van der Waals surface area (Å²) in [5.74, 6) is 0. The van der Waals surface area contributed by atoms with Crippen molar-refractivity contribution in [3.8, 4) is 0 Å². The predicted octanol–water partition coefficient (Wildman–Crippen LogP) is 3.67. The third kappa shape index (κ3) is 4.43. The van der Waals surface area contributed by atoms with Gasteiger partial charge in [-0.05, 0) is 31.5 Å². The average Bonchev–Trinajstić information content (AvgIpc) is 2.38. The number of carbonyl (C=O) groups is 1. The molecule has 0 heterocycles. The van der Waals surface area contributed by atoms with Crippen molar-refractivity contribution in [1.29, 1.82) is 0 Å². The summed E-state index contributed by atoms with van der Waals surface area (Å²) >= 11 is 5.89. The van der Waals surface area contributed by atoms with Gasteiger partial charge in [0.15, 0.2) is 0 Å². The lowest BCUT2D eigenvalue weighted by Gasteiger charge is -2.28. The highest BCUT2D eigenvalue weighted by molar-refractivity contribution is 6.30. The van der Waals surface area contributed by atoms with Crippen molar-refractivity contribution in [2.75, 3.05) is 19.6 Å². The third-order valence-corrected chi connectivity index (χ3v) is 3.61. The van der Waals surface area contributed by atoms with E-state index in [0.717, 1.165) is 23.7 Å². The summed E-state index contributed by atoms with van der Waals surface area (Å²) in [5.41, 5.74) is 1.05. The third-order valence-electron chi connectivity index (χ3n) is 3.36. The van der Waals surface area contributed by atoms with Gasteiger partial charge in [-0.25, -0.2) is 4.79 Å². The molecule has 19 heavy (non-hydrogen) atoms. The number of amides is 2. The molecule has 0 unspecified atom stereocenters. The maximum absolute atomic E-state index is 11.9. The summed E-state index contributed by atoms with van der Waals surface area (Å²) in [6.45, 7) is 10.2. The van der Waals surface area contributed by atoms with E-state index in [0.29, 0.717) is 6.54 Å². The van der Waals surface area contributed by atoms with Gasteiger partial charge in [-0.3, -0.25) is 0 Å². The second kappa shape index (κ2) is 6.80. The van der Waals surface area contributed by atoms with Gasteiger partial charge in [0.05, 0.1) is 0 Å². The van der Waals surface area contributed by atoms with Gasteiger partial charge in [-0.2, -0.15) is 0 Å². The number of nitrogens with one attached hydrogen (secondary N) is 1. The highest BCUT2D eigenvalue weighted by Gasteiger charge is 2.22. The van der Waals surface area contributed by atoms with Gasteiger partial charge in [0, 0.05) is 30.1 Å². The molecular weight excluding hydrogens is 260 g/mol. The van der Waals surface area contributed by atoms with Crippen LogP contribution in [0.15, 0.2) is 24.3 Å². The fraction of sp³-hybridized carbons (Fsp3) is 0.533. The minimum absolute atomic E-state index is 0.00737. The van der Waals surface area contributed by atoms with Gasteiger partial charge >= 0.3 is 6.03 Å². The number of nitrogens with zero attached hydrogens (tertiary/aromatic N) is 1. The molecule has 0 atom stereocenters. The summed E-state index contributed by atoms with van der Waals surface area (Å²) in [4.78, 5) is 13.7. The summed E-state index contributed by atoms with van der Waals surface area (Å²) in [5, 5.41) is 3.72. The monoisotopic (exact) mass is 282 g/mol. The second-order valence-electron chi connectivity index (χ2n) is 5.22. The molecule has 1 rings (SSSR count). The Morgan fingerprint density at radius 3 is 2.21 bits per heavy atom. The van der Waals surface area contributed by atoms with Crippen molar-refractivity contribution in [1.82, 2.24) is 10.2 Å². The lowest BCUT2D eigenvalue weighted by Crippen LogP contribution is -2.44. The quantitative estimate of drug-likeness (QED) is 0.878. The van der Waals surface area contributed by atoms with Gasteiger partial charge in [-0.1, -0.05) is 37.6 Å². The van der Waals surface area contributed by atoms with Crippen molar-refractivity contribution in [2.45, 2.75) is 33.1 Å². The molecule has 0 aromatic heterocycles. The zero-order valence-corrected chi connectivity index (χ0v) is 12.9. The van der Waals surface area contributed by atoms with E-state index in [2.05, 4.69) is 19.2 Å². The first-order chi connectivity index (χ1) is 8.90. The Morgan fingerprint density at radius 2 is 1.74 bits per heavy atom. The van der Waals surface area contributed by atoms with E-state index >= 15 is 0 Å². The van der Waals surface area contributed by atoms with Gasteiger partial charge in [0.2, 0.25) is 0 Å². The maximum atomic E-state index is 11.9. The number of carbonyl (C=O) groups excluding carboxylic acids is 1. The summed E-state index contributed by atoms with van der Waals surface area (Å²) in [7, 11) is 0. The molecule has 0 fully saturated rings. The maximum Gasteiger partial charge on any atom is 0.317 e. The number of hydrogen-bond donors (Lipinski definition) is 1. The van der Waals surface area contributed by atoms with Crippen molar-refractivity contribution in [2.24, 2.45) is 0 Å². The Labute approximate surface area is 120 Å². The Hall–Kier alpha value is -1.22. The number of hydrogen-bond acceptors (Lipinski definition) is 1. The van der Waals surface area contributed by atoms with E-state index in [1.165, 1.54) is 0 Å². The number of urea groups is 1. The molecule has 0 aliphatic rings. The molecule has 0 aliphatic carbocycles. The minimum atomic E-state index is -0.118. The Balaban J connectivity index is 2.65. The second-order valence-corrected chi connectivity index (χ2v) is 5.66. The predicted molar refractivity (Wildman–Crippen MR) is 80.8 cm³/mol. The van der Waals surface area contributed by atoms with Crippen LogP contribution in [0.3, 0.4) is 0 Å². The number of rotatable bonds is 5. The fourth-order valence-corrected chi connectivity index (χ4v) is 2.05. The molecule has 1 aromatic carbocycles. The molecule has 106 valence electrons. The van der Waals surface area contributed by atoms with Crippen molar-refractivity contribution in [3.05, 3.63) is 34.9 Å². The number of benzene rings is 1. The van der Waals surface area contributed by atoms with Crippen LogP contribution in [0, 0.1) is 0 Å². The van der Waals surface area contributed by atoms with Gasteiger partial charge in [0.1, 0.15) is 0 Å². The first-order valence-electron chi connectivity index (χ1n) is 6.69. The van der Waals surface area contributed by atoms with Crippen LogP contribution in [-0.2, 0) is 5.41 Å². The lowest BCUT2D eigenvalue weighted by molar-refractivity contribution is 0.201. The van der Waals surface area contributed by atoms with Crippen LogP contribution in [-0.4, -0.2) is 30.6 Å². The first kappa shape index (κ1) is 15.8. The van der Waals surface area contributed by atoms with E-state index in [1.54, 1.807) is 4.90 Å². The summed E-state index contributed by atoms with van der Waals surface area (Å²) < 4.78 is 0. The van der Waals surface area contributed by atoms with Crippen LogP contribution >= 0.6 is 11.6 Å². The normalized spacial score (nSPS) is 11.2. The van der Waals surface area contributed by atoms with Crippen LogP contribution in [0.25, 0.3) is 0 Å². The van der Waals surface area contributed by atoms with Crippen molar-refractivity contribution in [3.63, 3.8) is 0 Å². The van der Waals surface area contributed by atoms with E-state index in [1.807, 2.05) is 38.1 Å². The molecule has 4 heteroatoms.